The molecule has 0 aromatic carbocycles. The van der Waals surface area contributed by atoms with E-state index in [-0.39, 0.29) is 18.2 Å². The van der Waals surface area contributed by atoms with Crippen molar-refractivity contribution in [3.05, 3.63) is 21.9 Å². The predicted octanol–water partition coefficient (Wildman–Crippen LogP) is 2.50. The molecule has 2 N–H and O–H groups in total. The molecule has 0 aliphatic carbocycles. The zero-order valence-corrected chi connectivity index (χ0v) is 11.2. The predicted molar refractivity (Wildman–Crippen MR) is 67.9 cm³/mol. The second-order valence-electron chi connectivity index (χ2n) is 4.13. The fourth-order valence-electron chi connectivity index (χ4n) is 1.58. The van der Waals surface area contributed by atoms with Crippen LogP contribution in [0.1, 0.15) is 29.7 Å². The van der Waals surface area contributed by atoms with Gasteiger partial charge in [-0.05, 0) is 32.9 Å². The Morgan fingerprint density at radius 3 is 2.50 bits per heavy atom. The molecule has 1 heterocycles. The van der Waals surface area contributed by atoms with Gasteiger partial charge in [0, 0.05) is 22.9 Å². The van der Waals surface area contributed by atoms with Crippen LogP contribution in [-0.4, -0.2) is 25.9 Å². The van der Waals surface area contributed by atoms with Gasteiger partial charge in [0.15, 0.2) is 0 Å². The van der Waals surface area contributed by atoms with Gasteiger partial charge >= 0.3 is 0 Å². The Labute approximate surface area is 102 Å². The van der Waals surface area contributed by atoms with E-state index in [0.717, 1.165) is 0 Å². The van der Waals surface area contributed by atoms with Crippen LogP contribution < -0.4 is 5.73 Å². The smallest absolute Gasteiger partial charge is 0.107 e. The summed E-state index contributed by atoms with van der Waals surface area (Å²) in [7, 11) is 1.68. The molecule has 0 aliphatic heterocycles. The van der Waals surface area contributed by atoms with E-state index < -0.39 is 0 Å². The minimum atomic E-state index is -0.0381. The van der Waals surface area contributed by atoms with Crippen LogP contribution in [0, 0.1) is 6.92 Å². The number of hydrogen-bond acceptors (Lipinski definition) is 4. The standard InChI is InChI=1S/C12H21NO2S/c1-8(7-14-4)15-12(10(3)13)11-6-5-9(2)16-11/h5-6,8,10,12H,7,13H2,1-4H3. The van der Waals surface area contributed by atoms with Crippen LogP contribution in [0.3, 0.4) is 0 Å². The first-order valence-corrected chi connectivity index (χ1v) is 6.32. The van der Waals surface area contributed by atoms with Crippen molar-refractivity contribution in [2.24, 2.45) is 5.73 Å². The van der Waals surface area contributed by atoms with Gasteiger partial charge in [-0.25, -0.2) is 0 Å². The number of rotatable bonds is 6. The van der Waals surface area contributed by atoms with Crippen LogP contribution in [0.5, 0.6) is 0 Å². The molecule has 0 saturated carbocycles. The molecular formula is C12H21NO2S. The molecule has 3 nitrogen and oxygen atoms in total. The van der Waals surface area contributed by atoms with Gasteiger partial charge in [-0.1, -0.05) is 0 Å². The van der Waals surface area contributed by atoms with Gasteiger partial charge in [-0.3, -0.25) is 0 Å². The van der Waals surface area contributed by atoms with Gasteiger partial charge in [0.2, 0.25) is 0 Å². The Balaban J connectivity index is 2.68. The number of thiophene rings is 1. The highest BCUT2D eigenvalue weighted by Gasteiger charge is 2.21. The van der Waals surface area contributed by atoms with Crippen molar-refractivity contribution in [2.75, 3.05) is 13.7 Å². The van der Waals surface area contributed by atoms with Crippen molar-refractivity contribution in [1.82, 2.24) is 0 Å². The highest BCUT2D eigenvalue weighted by molar-refractivity contribution is 7.12. The summed E-state index contributed by atoms with van der Waals surface area (Å²) >= 11 is 1.74. The van der Waals surface area contributed by atoms with Crippen LogP contribution in [0.4, 0.5) is 0 Å². The molecule has 0 radical (unpaired) electrons. The van der Waals surface area contributed by atoms with Gasteiger partial charge in [0.1, 0.15) is 6.10 Å². The lowest BCUT2D eigenvalue weighted by molar-refractivity contribution is -0.0466. The third-order valence-electron chi connectivity index (χ3n) is 2.30. The van der Waals surface area contributed by atoms with Crippen molar-refractivity contribution in [3.63, 3.8) is 0 Å². The normalized spacial score (nSPS) is 17.1. The van der Waals surface area contributed by atoms with Crippen LogP contribution in [-0.2, 0) is 9.47 Å². The molecule has 1 aromatic heterocycles. The largest absolute Gasteiger partial charge is 0.382 e. The summed E-state index contributed by atoms with van der Waals surface area (Å²) in [5.74, 6) is 0. The van der Waals surface area contributed by atoms with Crippen LogP contribution in [0.2, 0.25) is 0 Å². The van der Waals surface area contributed by atoms with E-state index >= 15 is 0 Å². The van der Waals surface area contributed by atoms with Crippen molar-refractivity contribution in [3.8, 4) is 0 Å². The zero-order chi connectivity index (χ0) is 12.1. The number of nitrogens with two attached hydrogens (primary N) is 1. The van der Waals surface area contributed by atoms with Gasteiger partial charge < -0.3 is 15.2 Å². The number of ether oxygens (including phenoxy) is 2. The summed E-state index contributed by atoms with van der Waals surface area (Å²) in [6.45, 7) is 6.65. The van der Waals surface area contributed by atoms with E-state index in [1.165, 1.54) is 9.75 Å². The lowest BCUT2D eigenvalue weighted by Crippen LogP contribution is -2.30. The molecule has 0 saturated heterocycles. The van der Waals surface area contributed by atoms with Gasteiger partial charge in [0.25, 0.3) is 0 Å². The molecule has 3 unspecified atom stereocenters. The highest BCUT2D eigenvalue weighted by Crippen LogP contribution is 2.28. The Morgan fingerprint density at radius 2 is 2.06 bits per heavy atom. The van der Waals surface area contributed by atoms with E-state index in [9.17, 15) is 0 Å². The van der Waals surface area contributed by atoms with Gasteiger partial charge in [-0.15, -0.1) is 11.3 Å². The zero-order valence-electron chi connectivity index (χ0n) is 10.4. The Bertz CT molecular complexity index is 312. The van der Waals surface area contributed by atoms with E-state index in [4.69, 9.17) is 15.2 Å². The fourth-order valence-corrected chi connectivity index (χ4v) is 2.61. The summed E-state index contributed by atoms with van der Waals surface area (Å²) < 4.78 is 11.0. The number of aryl methyl sites for hydroxylation is 1. The van der Waals surface area contributed by atoms with Gasteiger partial charge in [-0.2, -0.15) is 0 Å². The quantitative estimate of drug-likeness (QED) is 0.835. The highest BCUT2D eigenvalue weighted by atomic mass is 32.1. The second-order valence-corrected chi connectivity index (χ2v) is 5.45. The van der Waals surface area contributed by atoms with Crippen LogP contribution in [0.15, 0.2) is 12.1 Å². The van der Waals surface area contributed by atoms with E-state index in [0.29, 0.717) is 6.61 Å². The molecule has 3 atom stereocenters. The lowest BCUT2D eigenvalue weighted by Gasteiger charge is -2.24. The first-order chi connectivity index (χ1) is 7.54. The molecule has 0 bridgehead atoms. The van der Waals surface area contributed by atoms with Crippen LogP contribution in [0.25, 0.3) is 0 Å². The maximum atomic E-state index is 5.96. The molecule has 0 amide bonds. The Hall–Kier alpha value is -0.420. The van der Waals surface area contributed by atoms with Crippen molar-refractivity contribution < 1.29 is 9.47 Å². The maximum Gasteiger partial charge on any atom is 0.107 e. The van der Waals surface area contributed by atoms with Gasteiger partial charge in [0.05, 0.1) is 12.7 Å². The molecular weight excluding hydrogens is 222 g/mol. The Kier molecular flexibility index (Phi) is 5.41. The summed E-state index contributed by atoms with van der Waals surface area (Å²) in [6.07, 6.45) is 0.0206. The molecule has 1 rings (SSSR count). The van der Waals surface area contributed by atoms with Crippen molar-refractivity contribution in [1.29, 1.82) is 0 Å². The fraction of sp³-hybridized carbons (Fsp3) is 0.667. The first kappa shape index (κ1) is 13.6. The van der Waals surface area contributed by atoms with E-state index in [2.05, 4.69) is 19.1 Å². The molecule has 16 heavy (non-hydrogen) atoms. The summed E-state index contributed by atoms with van der Waals surface area (Å²) in [5.41, 5.74) is 5.96. The molecule has 0 fully saturated rings. The lowest BCUT2D eigenvalue weighted by atomic mass is 10.1. The third-order valence-corrected chi connectivity index (χ3v) is 3.36. The molecule has 0 aliphatic rings. The van der Waals surface area contributed by atoms with Crippen molar-refractivity contribution in [2.45, 2.75) is 39.0 Å². The average Bonchev–Trinajstić information content (AvgIpc) is 2.61. The second kappa shape index (κ2) is 6.35. The first-order valence-electron chi connectivity index (χ1n) is 5.51. The average molecular weight is 243 g/mol. The topological polar surface area (TPSA) is 44.5 Å². The molecule has 1 aromatic rings. The number of hydrogen-bond donors (Lipinski definition) is 1. The third kappa shape index (κ3) is 3.87. The maximum absolute atomic E-state index is 5.96. The minimum absolute atomic E-state index is 0.0163. The van der Waals surface area contributed by atoms with E-state index in [1.54, 1.807) is 18.4 Å². The SMILES string of the molecule is COCC(C)OC(c1ccc(C)s1)C(C)N. The summed E-state index contributed by atoms with van der Waals surface area (Å²) in [4.78, 5) is 2.47. The summed E-state index contributed by atoms with van der Waals surface area (Å²) in [5, 5.41) is 0. The molecule has 4 heteroatoms. The number of methoxy groups -OCH3 is 1. The van der Waals surface area contributed by atoms with E-state index in [1.807, 2.05) is 13.8 Å². The summed E-state index contributed by atoms with van der Waals surface area (Å²) in [6, 6.07) is 4.17. The van der Waals surface area contributed by atoms with Crippen molar-refractivity contribution >= 4 is 11.3 Å². The monoisotopic (exact) mass is 243 g/mol. The Morgan fingerprint density at radius 1 is 1.38 bits per heavy atom. The minimum Gasteiger partial charge on any atom is -0.382 e. The molecule has 0 spiro atoms. The molecule has 92 valence electrons. The van der Waals surface area contributed by atoms with Crippen LogP contribution >= 0.6 is 11.3 Å².